The fraction of sp³-hybridized carbons (Fsp3) is 0.304. The summed E-state index contributed by atoms with van der Waals surface area (Å²) in [6, 6.07) is 16.7. The zero-order valence-corrected chi connectivity index (χ0v) is 18.0. The van der Waals surface area contributed by atoms with Crippen molar-refractivity contribution in [2.45, 2.75) is 20.3 Å². The Balaban J connectivity index is 1.56. The first kappa shape index (κ1) is 20.3. The first-order valence-electron chi connectivity index (χ1n) is 10.1. The Labute approximate surface area is 177 Å². The molecule has 156 valence electrons. The first-order valence-corrected chi connectivity index (χ1v) is 11.5. The van der Waals surface area contributed by atoms with Crippen LogP contribution in [-0.4, -0.2) is 56.1 Å². The smallest absolute Gasteiger partial charge is 0.285 e. The van der Waals surface area contributed by atoms with Crippen LogP contribution in [0.25, 0.3) is 4.91 Å². The number of amidine groups is 1. The summed E-state index contributed by atoms with van der Waals surface area (Å²) >= 11 is 0. The van der Waals surface area contributed by atoms with Crippen molar-refractivity contribution in [2.75, 3.05) is 26.2 Å². The van der Waals surface area contributed by atoms with Gasteiger partial charge in [0.05, 0.1) is 0 Å². The number of nitrogens with zero attached hydrogens (tertiary/aromatic N) is 3. The highest BCUT2D eigenvalue weighted by Crippen LogP contribution is 2.34. The summed E-state index contributed by atoms with van der Waals surface area (Å²) in [6.07, 6.45) is 0.755. The second kappa shape index (κ2) is 8.07. The van der Waals surface area contributed by atoms with E-state index in [1.54, 1.807) is 0 Å². The molecule has 0 bridgehead atoms. The maximum Gasteiger partial charge on any atom is 0.285 e. The molecule has 2 heterocycles. The monoisotopic (exact) mass is 423 g/mol. The molecule has 0 aliphatic carbocycles. The quantitative estimate of drug-likeness (QED) is 0.743. The summed E-state index contributed by atoms with van der Waals surface area (Å²) in [5, 5.41) is 0. The maximum absolute atomic E-state index is 12.8. The van der Waals surface area contributed by atoms with Gasteiger partial charge < -0.3 is 9.80 Å². The van der Waals surface area contributed by atoms with Crippen LogP contribution >= 0.6 is 0 Å². The Bertz CT molecular complexity index is 1120. The number of hydrogen-bond acceptors (Lipinski definition) is 4. The average Bonchev–Trinajstić information content (AvgIpc) is 2.90. The number of carbonyl (C=O) groups excluding carboxylic acids is 1. The zero-order valence-electron chi connectivity index (χ0n) is 17.2. The average molecular weight is 424 g/mol. The second-order valence-corrected chi connectivity index (χ2v) is 9.25. The highest BCUT2D eigenvalue weighted by Gasteiger charge is 2.34. The Morgan fingerprint density at radius 2 is 1.60 bits per heavy atom. The van der Waals surface area contributed by atoms with E-state index in [9.17, 15) is 13.2 Å². The number of aryl methyl sites for hydroxylation is 1. The van der Waals surface area contributed by atoms with Crippen LogP contribution < -0.4 is 0 Å². The molecule has 2 aliphatic rings. The highest BCUT2D eigenvalue weighted by atomic mass is 32.2. The van der Waals surface area contributed by atoms with Crippen LogP contribution in [0, 0.1) is 6.92 Å². The zero-order chi connectivity index (χ0) is 21.3. The van der Waals surface area contributed by atoms with Crippen molar-refractivity contribution in [3.05, 3.63) is 76.9 Å². The molecule has 6 nitrogen and oxygen atoms in total. The molecule has 2 aromatic carbocycles. The van der Waals surface area contributed by atoms with Gasteiger partial charge in [-0.1, -0.05) is 48.0 Å². The van der Waals surface area contributed by atoms with E-state index in [0.717, 1.165) is 12.0 Å². The van der Waals surface area contributed by atoms with Crippen LogP contribution in [0.3, 0.4) is 0 Å². The SMILES string of the molecule is CC1=C(c2ccc(C)cc2)S(=O)(=O)N=C1N1CCCN(C(=O)c2ccccc2)CC1. The predicted octanol–water partition coefficient (Wildman–Crippen LogP) is 3.32. The predicted molar refractivity (Wildman–Crippen MR) is 119 cm³/mol. The van der Waals surface area contributed by atoms with Crippen molar-refractivity contribution in [1.29, 1.82) is 0 Å². The van der Waals surface area contributed by atoms with Gasteiger partial charge in [0.1, 0.15) is 10.7 Å². The molecule has 7 heteroatoms. The summed E-state index contributed by atoms with van der Waals surface area (Å²) < 4.78 is 29.7. The minimum Gasteiger partial charge on any atom is -0.354 e. The fourth-order valence-corrected chi connectivity index (χ4v) is 5.47. The minimum absolute atomic E-state index is 0.00559. The van der Waals surface area contributed by atoms with Crippen LogP contribution in [0.15, 0.2) is 64.6 Å². The van der Waals surface area contributed by atoms with Crippen molar-refractivity contribution in [3.8, 4) is 0 Å². The number of sulfonamides is 1. The number of carbonyl (C=O) groups is 1. The van der Waals surface area contributed by atoms with Gasteiger partial charge in [-0.3, -0.25) is 4.79 Å². The number of benzene rings is 2. The lowest BCUT2D eigenvalue weighted by Crippen LogP contribution is -2.37. The standard InChI is InChI=1S/C23H25N3O3S/c1-17-9-11-19(12-10-17)21-18(2)22(24-30(21,28)29)25-13-6-14-26(16-15-25)23(27)20-7-4-3-5-8-20/h3-5,7-12H,6,13-16H2,1-2H3. The van der Waals surface area contributed by atoms with E-state index in [0.29, 0.717) is 48.7 Å². The van der Waals surface area contributed by atoms with Gasteiger partial charge in [0, 0.05) is 37.3 Å². The molecule has 1 fully saturated rings. The molecule has 0 saturated carbocycles. The van der Waals surface area contributed by atoms with Gasteiger partial charge in [0.15, 0.2) is 0 Å². The largest absolute Gasteiger partial charge is 0.354 e. The molecule has 0 spiro atoms. The van der Waals surface area contributed by atoms with E-state index in [2.05, 4.69) is 4.40 Å². The summed E-state index contributed by atoms with van der Waals surface area (Å²) in [4.78, 5) is 16.9. The lowest BCUT2D eigenvalue weighted by atomic mass is 10.1. The van der Waals surface area contributed by atoms with Crippen LogP contribution in [0.1, 0.15) is 34.8 Å². The van der Waals surface area contributed by atoms with Crippen LogP contribution in [0.2, 0.25) is 0 Å². The topological polar surface area (TPSA) is 70.1 Å². The van der Waals surface area contributed by atoms with Crippen molar-refractivity contribution < 1.29 is 13.2 Å². The Hall–Kier alpha value is -2.93. The molecular weight excluding hydrogens is 398 g/mol. The number of hydrogen-bond donors (Lipinski definition) is 0. The van der Waals surface area contributed by atoms with Gasteiger partial charge >= 0.3 is 0 Å². The van der Waals surface area contributed by atoms with Crippen molar-refractivity contribution in [2.24, 2.45) is 4.40 Å². The van der Waals surface area contributed by atoms with Gasteiger partial charge in [-0.25, -0.2) is 0 Å². The molecule has 4 rings (SSSR count). The number of amides is 1. The van der Waals surface area contributed by atoms with Crippen molar-refractivity contribution in [1.82, 2.24) is 9.80 Å². The van der Waals surface area contributed by atoms with Crippen LogP contribution in [0.4, 0.5) is 0 Å². The molecular formula is C23H25N3O3S. The second-order valence-electron chi connectivity index (χ2n) is 7.71. The summed E-state index contributed by atoms with van der Waals surface area (Å²) in [5.74, 6) is 0.505. The number of rotatable bonds is 2. The third kappa shape index (κ3) is 3.89. The molecule has 1 saturated heterocycles. The third-order valence-electron chi connectivity index (χ3n) is 5.56. The van der Waals surface area contributed by atoms with Gasteiger partial charge in [-0.15, -0.1) is 4.40 Å². The molecule has 0 unspecified atom stereocenters. The van der Waals surface area contributed by atoms with E-state index in [1.807, 2.05) is 78.2 Å². The first-order chi connectivity index (χ1) is 14.4. The molecule has 30 heavy (non-hydrogen) atoms. The van der Waals surface area contributed by atoms with Crippen molar-refractivity contribution in [3.63, 3.8) is 0 Å². The summed E-state index contributed by atoms with van der Waals surface area (Å²) in [5.41, 5.74) is 3.07. The molecule has 0 atom stereocenters. The Morgan fingerprint density at radius 3 is 2.30 bits per heavy atom. The Kier molecular flexibility index (Phi) is 5.47. The van der Waals surface area contributed by atoms with E-state index in [-0.39, 0.29) is 10.8 Å². The highest BCUT2D eigenvalue weighted by molar-refractivity contribution is 8.00. The van der Waals surface area contributed by atoms with E-state index >= 15 is 0 Å². The van der Waals surface area contributed by atoms with Gasteiger partial charge in [-0.2, -0.15) is 8.42 Å². The molecule has 2 aromatic rings. The fourth-order valence-electron chi connectivity index (χ4n) is 3.98. The molecule has 1 amide bonds. The molecule has 2 aliphatic heterocycles. The van der Waals surface area contributed by atoms with Gasteiger partial charge in [-0.05, 0) is 38.0 Å². The molecule has 0 radical (unpaired) electrons. The van der Waals surface area contributed by atoms with E-state index in [1.165, 1.54) is 0 Å². The van der Waals surface area contributed by atoms with Gasteiger partial charge in [0.25, 0.3) is 15.9 Å². The van der Waals surface area contributed by atoms with Crippen LogP contribution in [0.5, 0.6) is 0 Å². The van der Waals surface area contributed by atoms with Crippen LogP contribution in [-0.2, 0) is 10.0 Å². The molecule has 0 aromatic heterocycles. The minimum atomic E-state index is -3.74. The third-order valence-corrected chi connectivity index (χ3v) is 7.03. The normalized spacial score (nSPS) is 18.9. The lowest BCUT2D eigenvalue weighted by Gasteiger charge is -2.23. The Morgan fingerprint density at radius 1 is 0.900 bits per heavy atom. The van der Waals surface area contributed by atoms with E-state index < -0.39 is 10.0 Å². The van der Waals surface area contributed by atoms with Gasteiger partial charge in [0.2, 0.25) is 0 Å². The van der Waals surface area contributed by atoms with E-state index in [4.69, 9.17) is 0 Å². The summed E-state index contributed by atoms with van der Waals surface area (Å²) in [6.45, 7) is 6.15. The summed E-state index contributed by atoms with van der Waals surface area (Å²) in [7, 11) is -3.74. The maximum atomic E-state index is 12.8. The molecule has 0 N–H and O–H groups in total. The van der Waals surface area contributed by atoms with Crippen molar-refractivity contribution >= 4 is 26.7 Å². The lowest BCUT2D eigenvalue weighted by molar-refractivity contribution is 0.0764.